The SMILES string of the molecule is CC=C=COCCOC1N=C(N)C2=C(N1)C(CCc1ccc(CNC(=O)CC)cc1)CCC(=O)N2. The van der Waals surface area contributed by atoms with Crippen LogP contribution in [0.2, 0.25) is 0 Å². The van der Waals surface area contributed by atoms with E-state index in [0.29, 0.717) is 44.7 Å². The summed E-state index contributed by atoms with van der Waals surface area (Å²) in [5.74, 6) is 0.332. The van der Waals surface area contributed by atoms with Gasteiger partial charge in [-0.2, -0.15) is 0 Å². The summed E-state index contributed by atoms with van der Waals surface area (Å²) < 4.78 is 11.1. The second kappa shape index (κ2) is 13.4. The van der Waals surface area contributed by atoms with Crippen LogP contribution < -0.4 is 21.7 Å². The van der Waals surface area contributed by atoms with E-state index in [1.54, 1.807) is 6.08 Å². The van der Waals surface area contributed by atoms with Crippen LogP contribution in [0.4, 0.5) is 0 Å². The molecule has 3 rings (SSSR count). The number of carbonyl (C=O) groups is 2. The summed E-state index contributed by atoms with van der Waals surface area (Å²) in [5.41, 5.74) is 12.7. The normalized spacial score (nSPS) is 19.3. The maximum absolute atomic E-state index is 12.3. The first-order valence-electron chi connectivity index (χ1n) is 12.1. The fourth-order valence-electron chi connectivity index (χ4n) is 3.91. The summed E-state index contributed by atoms with van der Waals surface area (Å²) in [7, 11) is 0. The lowest BCUT2D eigenvalue weighted by Gasteiger charge is -2.29. The highest BCUT2D eigenvalue weighted by atomic mass is 16.5. The Morgan fingerprint density at radius 2 is 2.06 bits per heavy atom. The standard InChI is InChI=1S/C26H35N5O4/c1-3-5-14-34-15-16-35-26-30-23-20(12-13-22(33)29-24(23)25(27)31-26)11-10-18-6-8-19(9-7-18)17-28-21(32)4-2/h3,6-9,14,20,26,30H,4,10-13,15-17H2,1-2H3,(H2,27,31)(H,28,32)(H,29,33). The molecule has 2 aliphatic heterocycles. The third-order valence-corrected chi connectivity index (χ3v) is 5.86. The molecule has 2 amide bonds. The number of nitrogens with two attached hydrogens (primary N) is 1. The lowest BCUT2D eigenvalue weighted by molar-refractivity contribution is -0.121. The molecule has 0 fully saturated rings. The third kappa shape index (κ3) is 8.02. The first-order chi connectivity index (χ1) is 17.0. The quantitative estimate of drug-likeness (QED) is 0.218. The van der Waals surface area contributed by atoms with Gasteiger partial charge in [0.1, 0.15) is 24.4 Å². The fraction of sp³-hybridized carbons (Fsp3) is 0.462. The van der Waals surface area contributed by atoms with E-state index in [1.165, 1.54) is 11.8 Å². The zero-order chi connectivity index (χ0) is 25.0. The Morgan fingerprint density at radius 1 is 1.29 bits per heavy atom. The number of hydrogen-bond acceptors (Lipinski definition) is 7. The monoisotopic (exact) mass is 481 g/mol. The van der Waals surface area contributed by atoms with Crippen molar-refractivity contribution in [3.05, 3.63) is 64.9 Å². The molecule has 0 spiro atoms. The highest BCUT2D eigenvalue weighted by molar-refractivity contribution is 6.01. The van der Waals surface area contributed by atoms with Crippen molar-refractivity contribution in [1.29, 1.82) is 0 Å². The summed E-state index contributed by atoms with van der Waals surface area (Å²) in [6, 6.07) is 8.24. The van der Waals surface area contributed by atoms with Crippen molar-refractivity contribution >= 4 is 17.6 Å². The molecule has 2 unspecified atom stereocenters. The number of ether oxygens (including phenoxy) is 2. The van der Waals surface area contributed by atoms with E-state index >= 15 is 0 Å². The van der Waals surface area contributed by atoms with Gasteiger partial charge in [-0.25, -0.2) is 4.99 Å². The van der Waals surface area contributed by atoms with Gasteiger partial charge in [0, 0.05) is 31.0 Å². The van der Waals surface area contributed by atoms with Crippen molar-refractivity contribution in [2.75, 3.05) is 13.2 Å². The molecule has 0 aromatic heterocycles. The Kier molecular flexibility index (Phi) is 9.95. The Morgan fingerprint density at radius 3 is 2.80 bits per heavy atom. The van der Waals surface area contributed by atoms with Crippen molar-refractivity contribution in [2.24, 2.45) is 16.6 Å². The highest BCUT2D eigenvalue weighted by Crippen LogP contribution is 2.28. The summed E-state index contributed by atoms with van der Waals surface area (Å²) in [4.78, 5) is 28.1. The summed E-state index contributed by atoms with van der Waals surface area (Å²) in [6.07, 6.45) is 5.88. The van der Waals surface area contributed by atoms with Gasteiger partial charge in [0.05, 0.1) is 6.61 Å². The van der Waals surface area contributed by atoms with Crippen LogP contribution in [0, 0.1) is 5.92 Å². The predicted molar refractivity (Wildman–Crippen MR) is 134 cm³/mol. The molecule has 9 nitrogen and oxygen atoms in total. The average molecular weight is 482 g/mol. The number of benzene rings is 1. The number of nitrogens with zero attached hydrogens (tertiary/aromatic N) is 1. The van der Waals surface area contributed by atoms with Crippen molar-refractivity contribution in [3.8, 4) is 0 Å². The van der Waals surface area contributed by atoms with E-state index in [-0.39, 0.29) is 23.6 Å². The molecule has 5 N–H and O–H groups in total. The molecule has 2 heterocycles. The van der Waals surface area contributed by atoms with Crippen LogP contribution in [0.25, 0.3) is 0 Å². The van der Waals surface area contributed by atoms with Crippen LogP contribution in [0.5, 0.6) is 0 Å². The topological polar surface area (TPSA) is 127 Å². The molecule has 0 bridgehead atoms. The Bertz CT molecular complexity index is 1010. The number of hydrogen-bond donors (Lipinski definition) is 4. The minimum atomic E-state index is -0.641. The zero-order valence-corrected chi connectivity index (χ0v) is 20.4. The maximum Gasteiger partial charge on any atom is 0.227 e. The molecule has 9 heteroatoms. The molecule has 188 valence electrons. The molecule has 2 aliphatic rings. The van der Waals surface area contributed by atoms with E-state index in [4.69, 9.17) is 15.2 Å². The number of amidine groups is 1. The van der Waals surface area contributed by atoms with Gasteiger partial charge in [-0.1, -0.05) is 36.9 Å². The minimum absolute atomic E-state index is 0.0396. The van der Waals surface area contributed by atoms with Crippen LogP contribution in [0.3, 0.4) is 0 Å². The van der Waals surface area contributed by atoms with Gasteiger partial charge in [-0.3, -0.25) is 9.59 Å². The average Bonchev–Trinajstić information content (AvgIpc) is 3.02. The second-order valence-corrected chi connectivity index (χ2v) is 8.38. The Balaban J connectivity index is 1.60. The minimum Gasteiger partial charge on any atom is -0.491 e. The molecule has 1 aromatic rings. The lowest BCUT2D eigenvalue weighted by atomic mass is 9.91. The van der Waals surface area contributed by atoms with Gasteiger partial charge in [0.2, 0.25) is 18.2 Å². The Labute approximate surface area is 206 Å². The van der Waals surface area contributed by atoms with Gasteiger partial charge in [0.25, 0.3) is 0 Å². The zero-order valence-electron chi connectivity index (χ0n) is 20.4. The van der Waals surface area contributed by atoms with Crippen molar-refractivity contribution in [3.63, 3.8) is 0 Å². The van der Waals surface area contributed by atoms with Crippen molar-refractivity contribution in [2.45, 2.75) is 58.8 Å². The molecule has 0 aliphatic carbocycles. The number of carbonyl (C=O) groups excluding carboxylic acids is 2. The molecule has 2 atom stereocenters. The summed E-state index contributed by atoms with van der Waals surface area (Å²) in [5, 5.41) is 9.11. The summed E-state index contributed by atoms with van der Waals surface area (Å²) in [6.45, 7) is 4.90. The molecular formula is C26H35N5O4. The van der Waals surface area contributed by atoms with Crippen LogP contribution in [-0.4, -0.2) is 37.2 Å². The van der Waals surface area contributed by atoms with E-state index in [0.717, 1.165) is 24.1 Å². The predicted octanol–water partition coefficient (Wildman–Crippen LogP) is 2.35. The Hall–Kier alpha value is -3.55. The van der Waals surface area contributed by atoms with E-state index in [2.05, 4.69) is 38.8 Å². The van der Waals surface area contributed by atoms with Gasteiger partial charge >= 0.3 is 0 Å². The maximum atomic E-state index is 12.3. The molecular weight excluding hydrogens is 446 g/mol. The lowest BCUT2D eigenvalue weighted by Crippen LogP contribution is -2.44. The first-order valence-corrected chi connectivity index (χ1v) is 12.1. The van der Waals surface area contributed by atoms with E-state index in [1.807, 2.05) is 26.0 Å². The number of nitrogens with one attached hydrogen (secondary N) is 3. The van der Waals surface area contributed by atoms with E-state index < -0.39 is 6.35 Å². The molecule has 35 heavy (non-hydrogen) atoms. The largest absolute Gasteiger partial charge is 0.491 e. The van der Waals surface area contributed by atoms with E-state index in [9.17, 15) is 9.59 Å². The van der Waals surface area contributed by atoms with Crippen LogP contribution in [0.15, 0.2) is 58.7 Å². The molecule has 0 saturated carbocycles. The number of aliphatic imine (C=N–C) groups is 1. The molecule has 0 radical (unpaired) electrons. The van der Waals surface area contributed by atoms with Crippen LogP contribution in [0.1, 0.15) is 50.7 Å². The van der Waals surface area contributed by atoms with Gasteiger partial charge < -0.3 is 31.2 Å². The van der Waals surface area contributed by atoms with Crippen molar-refractivity contribution in [1.82, 2.24) is 16.0 Å². The first kappa shape index (κ1) is 26.1. The van der Waals surface area contributed by atoms with Crippen LogP contribution >= 0.6 is 0 Å². The van der Waals surface area contributed by atoms with Crippen molar-refractivity contribution < 1.29 is 19.1 Å². The third-order valence-electron chi connectivity index (χ3n) is 5.86. The number of amides is 2. The summed E-state index contributed by atoms with van der Waals surface area (Å²) >= 11 is 0. The highest BCUT2D eigenvalue weighted by Gasteiger charge is 2.31. The smallest absolute Gasteiger partial charge is 0.227 e. The van der Waals surface area contributed by atoms with Gasteiger partial charge in [-0.15, -0.1) is 0 Å². The van der Waals surface area contributed by atoms with Gasteiger partial charge in [0.15, 0.2) is 0 Å². The van der Waals surface area contributed by atoms with Crippen LogP contribution in [-0.2, 0) is 32.0 Å². The number of allylic oxidation sites excluding steroid dienone is 2. The molecule has 1 aromatic carbocycles. The fourth-order valence-corrected chi connectivity index (χ4v) is 3.91. The second-order valence-electron chi connectivity index (χ2n) is 8.38. The van der Waals surface area contributed by atoms with Gasteiger partial charge in [-0.05, 0) is 43.4 Å². The number of aryl methyl sites for hydroxylation is 1. The molecule has 0 saturated heterocycles. The number of rotatable bonds is 11.